The van der Waals surface area contributed by atoms with Crippen LogP contribution >= 0.6 is 11.3 Å². The van der Waals surface area contributed by atoms with Crippen LogP contribution in [-0.4, -0.2) is 59.3 Å². The van der Waals surface area contributed by atoms with E-state index in [-0.39, 0.29) is 17.1 Å². The quantitative estimate of drug-likeness (QED) is 0.592. The molecule has 0 radical (unpaired) electrons. The Hall–Kier alpha value is -2.90. The van der Waals surface area contributed by atoms with Crippen molar-refractivity contribution in [3.63, 3.8) is 0 Å². The summed E-state index contributed by atoms with van der Waals surface area (Å²) in [6.07, 6.45) is 5.32. The fourth-order valence-corrected chi connectivity index (χ4v) is 7.51. The van der Waals surface area contributed by atoms with E-state index >= 15 is 0 Å². The molecule has 0 unspecified atom stereocenters. The number of amides is 1. The Labute approximate surface area is 202 Å². The summed E-state index contributed by atoms with van der Waals surface area (Å²) < 4.78 is 5.99. The van der Waals surface area contributed by atoms with E-state index in [9.17, 15) is 9.59 Å². The van der Waals surface area contributed by atoms with E-state index in [0.29, 0.717) is 24.8 Å². The SMILES string of the molecule is Cc1cc2c(s1)[C@]13C[C@H]1CN(C(=O)c1cc4cc(OCCN5CCCC5)ccc4[nH]1)C3=CC2=O. The van der Waals surface area contributed by atoms with Crippen LogP contribution in [0.3, 0.4) is 0 Å². The van der Waals surface area contributed by atoms with Crippen LogP contribution in [0.5, 0.6) is 5.75 Å². The number of aryl methyl sites for hydroxylation is 1. The molecule has 7 heteroatoms. The number of carbonyl (C=O) groups is 2. The number of carbonyl (C=O) groups excluding carboxylic acids is 2. The molecule has 2 saturated heterocycles. The summed E-state index contributed by atoms with van der Waals surface area (Å²) in [7, 11) is 0. The van der Waals surface area contributed by atoms with Gasteiger partial charge in [-0.2, -0.15) is 0 Å². The van der Waals surface area contributed by atoms with E-state index < -0.39 is 0 Å². The molecule has 2 aliphatic heterocycles. The number of piperidine rings is 1. The summed E-state index contributed by atoms with van der Waals surface area (Å²) in [6.45, 7) is 6.68. The van der Waals surface area contributed by atoms with Gasteiger partial charge in [0.2, 0.25) is 0 Å². The van der Waals surface area contributed by atoms with Gasteiger partial charge in [-0.1, -0.05) is 0 Å². The average Bonchev–Trinajstić information content (AvgIpc) is 3.34. The summed E-state index contributed by atoms with van der Waals surface area (Å²) in [5.41, 5.74) is 3.08. The number of aromatic nitrogens is 1. The number of H-pyrrole nitrogens is 1. The first-order chi connectivity index (χ1) is 16.5. The highest BCUT2D eigenvalue weighted by Gasteiger charge is 2.68. The highest BCUT2D eigenvalue weighted by Crippen LogP contribution is 2.68. The van der Waals surface area contributed by atoms with E-state index in [1.165, 1.54) is 30.8 Å². The summed E-state index contributed by atoms with van der Waals surface area (Å²) in [6, 6.07) is 9.85. The number of nitrogens with zero attached hydrogens (tertiary/aromatic N) is 2. The molecule has 4 heterocycles. The van der Waals surface area contributed by atoms with E-state index in [2.05, 4.69) is 16.8 Å². The molecule has 1 saturated carbocycles. The lowest BCUT2D eigenvalue weighted by Gasteiger charge is -2.27. The van der Waals surface area contributed by atoms with Gasteiger partial charge in [0, 0.05) is 51.1 Å². The van der Waals surface area contributed by atoms with Crippen LogP contribution < -0.4 is 4.74 Å². The van der Waals surface area contributed by atoms with Gasteiger partial charge in [-0.3, -0.25) is 14.5 Å². The van der Waals surface area contributed by atoms with Gasteiger partial charge in [-0.25, -0.2) is 0 Å². The van der Waals surface area contributed by atoms with Gasteiger partial charge in [0.1, 0.15) is 18.1 Å². The second kappa shape index (κ2) is 7.30. The van der Waals surface area contributed by atoms with Crippen LogP contribution in [-0.2, 0) is 5.41 Å². The summed E-state index contributed by atoms with van der Waals surface area (Å²) >= 11 is 1.72. The fourth-order valence-electron chi connectivity index (χ4n) is 6.21. The van der Waals surface area contributed by atoms with Crippen LogP contribution in [0.2, 0.25) is 0 Å². The van der Waals surface area contributed by atoms with Gasteiger partial charge in [0.15, 0.2) is 5.78 Å². The molecular formula is C27H27N3O3S. The predicted octanol–water partition coefficient (Wildman–Crippen LogP) is 4.51. The monoisotopic (exact) mass is 473 g/mol. The highest BCUT2D eigenvalue weighted by atomic mass is 32.1. The minimum absolute atomic E-state index is 0.0256. The summed E-state index contributed by atoms with van der Waals surface area (Å²) in [5.74, 6) is 1.20. The van der Waals surface area contributed by atoms with Crippen molar-refractivity contribution < 1.29 is 14.3 Å². The second-order valence-corrected chi connectivity index (χ2v) is 11.4. The molecule has 6 nitrogen and oxygen atoms in total. The minimum Gasteiger partial charge on any atom is -0.492 e. The Kier molecular flexibility index (Phi) is 4.39. The molecule has 7 rings (SSSR count). The molecule has 0 bridgehead atoms. The van der Waals surface area contributed by atoms with Crippen LogP contribution in [0.1, 0.15) is 49.9 Å². The minimum atomic E-state index is -0.125. The van der Waals surface area contributed by atoms with Crippen molar-refractivity contribution in [2.75, 3.05) is 32.8 Å². The van der Waals surface area contributed by atoms with E-state index in [0.717, 1.165) is 45.8 Å². The predicted molar refractivity (Wildman–Crippen MR) is 132 cm³/mol. The van der Waals surface area contributed by atoms with Crippen LogP contribution in [0.25, 0.3) is 10.9 Å². The number of fused-ring (bicyclic) bond motifs is 2. The number of likely N-dealkylation sites (tertiary alicyclic amines) is 2. The third kappa shape index (κ3) is 2.96. The Morgan fingerprint density at radius 2 is 2.09 bits per heavy atom. The average molecular weight is 474 g/mol. The van der Waals surface area contributed by atoms with Crippen molar-refractivity contribution in [3.05, 3.63) is 63.1 Å². The molecule has 3 fully saturated rings. The second-order valence-electron chi connectivity index (χ2n) is 10.1. The maximum atomic E-state index is 13.6. The lowest BCUT2D eigenvalue weighted by atomic mass is 9.88. The van der Waals surface area contributed by atoms with Gasteiger partial charge in [0.25, 0.3) is 5.91 Å². The number of thiophene rings is 1. The molecule has 4 aliphatic rings. The first-order valence-corrected chi connectivity index (χ1v) is 13.0. The van der Waals surface area contributed by atoms with Crippen molar-refractivity contribution >= 4 is 33.9 Å². The Bertz CT molecular complexity index is 1380. The maximum absolute atomic E-state index is 13.6. The van der Waals surface area contributed by atoms with Crippen molar-refractivity contribution in [2.45, 2.75) is 31.6 Å². The number of hydrogen-bond acceptors (Lipinski definition) is 5. The zero-order chi connectivity index (χ0) is 23.0. The molecule has 1 spiro atoms. The third-order valence-electron chi connectivity index (χ3n) is 7.99. The molecule has 1 amide bonds. The molecule has 3 aromatic rings. The Balaban J connectivity index is 1.12. The molecular weight excluding hydrogens is 446 g/mol. The van der Waals surface area contributed by atoms with Gasteiger partial charge in [0.05, 0.1) is 5.41 Å². The standard InChI is InChI=1S/C27H27N3O3S/c1-16-10-20-23(31)13-24-27(25(20)34-16)14-18(27)15-30(24)26(32)22-12-17-11-19(4-5-21(17)28-22)33-9-8-29-6-2-3-7-29/h4-5,10-13,18,28H,2-3,6-9,14-15H2,1H3/t18-,27+/m0/s1. The lowest BCUT2D eigenvalue weighted by molar-refractivity contribution is 0.0806. The van der Waals surface area contributed by atoms with E-state index in [1.807, 2.05) is 35.2 Å². The zero-order valence-corrected chi connectivity index (χ0v) is 20.0. The van der Waals surface area contributed by atoms with E-state index in [1.54, 1.807) is 17.4 Å². The van der Waals surface area contributed by atoms with Crippen LogP contribution in [0, 0.1) is 12.8 Å². The lowest BCUT2D eigenvalue weighted by Crippen LogP contribution is -2.33. The first kappa shape index (κ1) is 20.5. The summed E-state index contributed by atoms with van der Waals surface area (Å²) in [5, 5.41) is 0.964. The molecule has 1 N–H and O–H groups in total. The van der Waals surface area contributed by atoms with Gasteiger partial charge in [-0.05, 0) is 75.5 Å². The van der Waals surface area contributed by atoms with Crippen molar-refractivity contribution in [2.24, 2.45) is 5.92 Å². The molecule has 2 aromatic heterocycles. The maximum Gasteiger partial charge on any atom is 0.274 e. The van der Waals surface area contributed by atoms with Crippen molar-refractivity contribution in [3.8, 4) is 5.75 Å². The molecule has 2 atom stereocenters. The molecule has 34 heavy (non-hydrogen) atoms. The topological polar surface area (TPSA) is 65.6 Å². The van der Waals surface area contributed by atoms with Crippen molar-refractivity contribution in [1.29, 1.82) is 0 Å². The van der Waals surface area contributed by atoms with Gasteiger partial charge < -0.3 is 14.6 Å². The number of rotatable bonds is 5. The Morgan fingerprint density at radius 3 is 2.94 bits per heavy atom. The van der Waals surface area contributed by atoms with Crippen molar-refractivity contribution in [1.82, 2.24) is 14.8 Å². The van der Waals surface area contributed by atoms with Gasteiger partial charge in [-0.15, -0.1) is 11.3 Å². The largest absolute Gasteiger partial charge is 0.492 e. The normalized spacial score (nSPS) is 25.3. The molecule has 174 valence electrons. The number of nitrogens with one attached hydrogen (secondary N) is 1. The van der Waals surface area contributed by atoms with Crippen LogP contribution in [0.4, 0.5) is 0 Å². The zero-order valence-electron chi connectivity index (χ0n) is 19.2. The number of allylic oxidation sites excluding steroid dienone is 2. The number of ketones is 1. The number of ether oxygens (including phenoxy) is 1. The number of aromatic amines is 1. The Morgan fingerprint density at radius 1 is 1.24 bits per heavy atom. The smallest absolute Gasteiger partial charge is 0.274 e. The van der Waals surface area contributed by atoms with E-state index in [4.69, 9.17) is 4.74 Å². The van der Waals surface area contributed by atoms with Gasteiger partial charge >= 0.3 is 0 Å². The molecule has 2 aliphatic carbocycles. The summed E-state index contributed by atoms with van der Waals surface area (Å²) in [4.78, 5) is 36.3. The third-order valence-corrected chi connectivity index (χ3v) is 9.22. The van der Waals surface area contributed by atoms with Crippen LogP contribution in [0.15, 0.2) is 42.1 Å². The fraction of sp³-hybridized carbons (Fsp3) is 0.407. The first-order valence-electron chi connectivity index (χ1n) is 12.2. The number of hydrogen-bond donors (Lipinski definition) is 1. The molecule has 1 aromatic carbocycles. The highest BCUT2D eigenvalue weighted by molar-refractivity contribution is 7.12. The number of benzene rings is 1.